The lowest BCUT2D eigenvalue weighted by molar-refractivity contribution is 0.0697. The summed E-state index contributed by atoms with van der Waals surface area (Å²) in [6, 6.07) is 14.3. The molecular formula is C17H15NO4. The van der Waals surface area contributed by atoms with E-state index in [2.05, 4.69) is 4.98 Å². The molecule has 1 aromatic heterocycles. The molecule has 0 radical (unpaired) electrons. The van der Waals surface area contributed by atoms with Crippen molar-refractivity contribution in [1.29, 1.82) is 0 Å². The molecule has 22 heavy (non-hydrogen) atoms. The van der Waals surface area contributed by atoms with Crippen LogP contribution in [0, 0.1) is 0 Å². The van der Waals surface area contributed by atoms with Crippen LogP contribution in [0.15, 0.2) is 48.5 Å². The number of aromatic amines is 1. The van der Waals surface area contributed by atoms with Crippen LogP contribution in [0.2, 0.25) is 0 Å². The van der Waals surface area contributed by atoms with Crippen LogP contribution in [-0.2, 0) is 6.61 Å². The Morgan fingerprint density at radius 1 is 1.14 bits per heavy atom. The number of ether oxygens (including phenoxy) is 2. The predicted octanol–water partition coefficient (Wildman–Crippen LogP) is 3.45. The van der Waals surface area contributed by atoms with E-state index in [4.69, 9.17) is 14.6 Å². The highest BCUT2D eigenvalue weighted by molar-refractivity contribution is 5.93. The molecule has 0 amide bonds. The van der Waals surface area contributed by atoms with Gasteiger partial charge in [0.25, 0.3) is 0 Å². The quantitative estimate of drug-likeness (QED) is 0.756. The van der Waals surface area contributed by atoms with Crippen molar-refractivity contribution in [2.45, 2.75) is 6.61 Å². The molecule has 0 atom stereocenters. The number of fused-ring (bicyclic) bond motifs is 1. The Kier molecular flexibility index (Phi) is 3.70. The molecule has 0 aliphatic rings. The predicted molar refractivity (Wildman–Crippen MR) is 82.6 cm³/mol. The Morgan fingerprint density at radius 3 is 2.64 bits per heavy atom. The molecule has 3 rings (SSSR count). The molecule has 1 heterocycles. The summed E-state index contributed by atoms with van der Waals surface area (Å²) < 4.78 is 11.0. The molecule has 2 aromatic carbocycles. The number of hydrogen-bond donors (Lipinski definition) is 2. The zero-order valence-corrected chi connectivity index (χ0v) is 12.0. The highest BCUT2D eigenvalue weighted by atomic mass is 16.5. The maximum atomic E-state index is 11.0. The first-order chi connectivity index (χ1) is 10.7. The summed E-state index contributed by atoms with van der Waals surface area (Å²) >= 11 is 0. The number of hydrogen-bond acceptors (Lipinski definition) is 3. The first-order valence-electron chi connectivity index (χ1n) is 6.78. The van der Waals surface area contributed by atoms with E-state index in [1.807, 2.05) is 30.3 Å². The van der Waals surface area contributed by atoms with Gasteiger partial charge >= 0.3 is 5.97 Å². The lowest BCUT2D eigenvalue weighted by Crippen LogP contribution is -1.97. The van der Waals surface area contributed by atoms with Gasteiger partial charge in [0.2, 0.25) is 0 Å². The standard InChI is InChI=1S/C17H15NO4/c1-21-15-4-2-3-5-16(15)22-10-13-8-11-6-7-12(17(19)20)9-14(11)18-13/h2-9,18H,10H2,1H3,(H,19,20). The van der Waals surface area contributed by atoms with Crippen LogP contribution in [0.3, 0.4) is 0 Å². The van der Waals surface area contributed by atoms with E-state index < -0.39 is 5.97 Å². The lowest BCUT2D eigenvalue weighted by Gasteiger charge is -2.09. The van der Waals surface area contributed by atoms with Gasteiger partial charge in [0, 0.05) is 5.52 Å². The largest absolute Gasteiger partial charge is 0.493 e. The molecule has 3 aromatic rings. The van der Waals surface area contributed by atoms with Gasteiger partial charge in [-0.1, -0.05) is 18.2 Å². The summed E-state index contributed by atoms with van der Waals surface area (Å²) in [4.78, 5) is 14.1. The fourth-order valence-corrected chi connectivity index (χ4v) is 2.29. The van der Waals surface area contributed by atoms with Crippen molar-refractivity contribution in [3.8, 4) is 11.5 Å². The molecule has 0 aliphatic carbocycles. The summed E-state index contributed by atoms with van der Waals surface area (Å²) in [6.07, 6.45) is 0. The molecule has 0 aliphatic heterocycles. The molecule has 5 heteroatoms. The van der Waals surface area contributed by atoms with Gasteiger partial charge in [-0.25, -0.2) is 4.79 Å². The van der Waals surface area contributed by atoms with Gasteiger partial charge in [0.05, 0.1) is 18.4 Å². The number of aromatic nitrogens is 1. The Bertz CT molecular complexity index is 822. The Labute approximate surface area is 127 Å². The second-order valence-corrected chi connectivity index (χ2v) is 4.84. The van der Waals surface area contributed by atoms with Crippen LogP contribution in [0.4, 0.5) is 0 Å². The van der Waals surface area contributed by atoms with Gasteiger partial charge < -0.3 is 19.6 Å². The normalized spacial score (nSPS) is 10.6. The minimum absolute atomic E-state index is 0.256. The van der Waals surface area contributed by atoms with Crippen molar-refractivity contribution < 1.29 is 19.4 Å². The maximum Gasteiger partial charge on any atom is 0.335 e. The van der Waals surface area contributed by atoms with Crippen LogP contribution in [-0.4, -0.2) is 23.2 Å². The number of carboxylic acids is 1. The number of benzene rings is 2. The van der Waals surface area contributed by atoms with Crippen LogP contribution in [0.25, 0.3) is 10.9 Å². The number of rotatable bonds is 5. The fourth-order valence-electron chi connectivity index (χ4n) is 2.29. The van der Waals surface area contributed by atoms with Gasteiger partial charge in [-0.15, -0.1) is 0 Å². The number of H-pyrrole nitrogens is 1. The van der Waals surface area contributed by atoms with E-state index >= 15 is 0 Å². The summed E-state index contributed by atoms with van der Waals surface area (Å²) in [6.45, 7) is 0.345. The zero-order valence-electron chi connectivity index (χ0n) is 12.0. The topological polar surface area (TPSA) is 71.6 Å². The zero-order chi connectivity index (χ0) is 15.5. The average molecular weight is 297 g/mol. The van der Waals surface area contributed by atoms with Crippen molar-refractivity contribution in [1.82, 2.24) is 4.98 Å². The minimum atomic E-state index is -0.941. The molecular weight excluding hydrogens is 282 g/mol. The molecule has 0 bridgehead atoms. The second-order valence-electron chi connectivity index (χ2n) is 4.84. The van der Waals surface area contributed by atoms with E-state index in [9.17, 15) is 4.79 Å². The summed E-state index contributed by atoms with van der Waals surface area (Å²) in [5.74, 6) is 0.393. The van der Waals surface area contributed by atoms with Crippen LogP contribution in [0.1, 0.15) is 16.1 Å². The molecule has 112 valence electrons. The van der Waals surface area contributed by atoms with E-state index in [1.54, 1.807) is 25.3 Å². The van der Waals surface area contributed by atoms with Crippen molar-refractivity contribution in [3.05, 3.63) is 59.8 Å². The van der Waals surface area contributed by atoms with Gasteiger partial charge in [-0.3, -0.25) is 0 Å². The summed E-state index contributed by atoms with van der Waals surface area (Å²) in [5, 5.41) is 9.96. The van der Waals surface area contributed by atoms with Gasteiger partial charge in [0.1, 0.15) is 6.61 Å². The van der Waals surface area contributed by atoms with Crippen molar-refractivity contribution >= 4 is 16.9 Å². The third kappa shape index (κ3) is 2.74. The SMILES string of the molecule is COc1ccccc1OCc1cc2ccc(C(=O)O)cc2[nH]1. The lowest BCUT2D eigenvalue weighted by atomic mass is 10.2. The van der Waals surface area contributed by atoms with Crippen molar-refractivity contribution in [2.75, 3.05) is 7.11 Å². The molecule has 0 spiro atoms. The smallest absolute Gasteiger partial charge is 0.335 e. The number of carboxylic acid groups (broad SMARTS) is 1. The molecule has 2 N–H and O–H groups in total. The van der Waals surface area contributed by atoms with Crippen LogP contribution < -0.4 is 9.47 Å². The molecule has 0 saturated carbocycles. The number of aromatic carboxylic acids is 1. The van der Waals surface area contributed by atoms with E-state index in [1.165, 1.54) is 0 Å². The highest BCUT2D eigenvalue weighted by Gasteiger charge is 2.08. The molecule has 0 saturated heterocycles. The van der Waals surface area contributed by atoms with Crippen LogP contribution >= 0.6 is 0 Å². The van der Waals surface area contributed by atoms with E-state index in [0.29, 0.717) is 18.1 Å². The maximum absolute atomic E-state index is 11.0. The number of para-hydroxylation sites is 2. The Balaban J connectivity index is 1.81. The second kappa shape index (κ2) is 5.81. The van der Waals surface area contributed by atoms with Gasteiger partial charge in [-0.05, 0) is 35.7 Å². The number of nitrogens with one attached hydrogen (secondary N) is 1. The van der Waals surface area contributed by atoms with Crippen molar-refractivity contribution in [2.24, 2.45) is 0 Å². The molecule has 0 unspecified atom stereocenters. The van der Waals surface area contributed by atoms with Gasteiger partial charge in [0.15, 0.2) is 11.5 Å². The van der Waals surface area contributed by atoms with Crippen molar-refractivity contribution in [3.63, 3.8) is 0 Å². The first-order valence-corrected chi connectivity index (χ1v) is 6.78. The first kappa shape index (κ1) is 14.0. The monoisotopic (exact) mass is 297 g/mol. The molecule has 0 fully saturated rings. The third-order valence-electron chi connectivity index (χ3n) is 3.38. The summed E-state index contributed by atoms with van der Waals surface area (Å²) in [7, 11) is 1.60. The average Bonchev–Trinajstić information content (AvgIpc) is 2.95. The fraction of sp³-hybridized carbons (Fsp3) is 0.118. The van der Waals surface area contributed by atoms with Gasteiger partial charge in [-0.2, -0.15) is 0 Å². The number of methoxy groups -OCH3 is 1. The number of carbonyl (C=O) groups is 1. The van der Waals surface area contributed by atoms with E-state index in [0.717, 1.165) is 16.6 Å². The summed E-state index contributed by atoms with van der Waals surface area (Å²) in [5.41, 5.74) is 1.90. The Morgan fingerprint density at radius 2 is 1.91 bits per heavy atom. The highest BCUT2D eigenvalue weighted by Crippen LogP contribution is 2.27. The molecule has 5 nitrogen and oxygen atoms in total. The minimum Gasteiger partial charge on any atom is -0.493 e. The van der Waals surface area contributed by atoms with Crippen LogP contribution in [0.5, 0.6) is 11.5 Å². The van der Waals surface area contributed by atoms with E-state index in [-0.39, 0.29) is 5.56 Å². The third-order valence-corrected chi connectivity index (χ3v) is 3.38. The Hall–Kier alpha value is -2.95.